The van der Waals surface area contributed by atoms with Crippen molar-refractivity contribution in [1.82, 2.24) is 4.90 Å². The van der Waals surface area contributed by atoms with Crippen molar-refractivity contribution in [2.75, 3.05) is 27.2 Å². The highest BCUT2D eigenvalue weighted by Gasteiger charge is 2.20. The topological polar surface area (TPSA) is 38.8 Å². The number of likely N-dealkylation sites (tertiary alicyclic amines) is 1. The van der Waals surface area contributed by atoms with E-state index in [1.54, 1.807) is 25.3 Å². The molecule has 0 spiro atoms. The Morgan fingerprint density at radius 2 is 2.22 bits per heavy atom. The lowest BCUT2D eigenvalue weighted by molar-refractivity contribution is 0.101. The van der Waals surface area contributed by atoms with Crippen molar-refractivity contribution >= 4 is 6.29 Å². The molecule has 0 N–H and O–H groups in total. The number of rotatable bonds is 4. The summed E-state index contributed by atoms with van der Waals surface area (Å²) in [4.78, 5) is 13.1. The van der Waals surface area contributed by atoms with Crippen molar-refractivity contribution in [3.05, 3.63) is 23.8 Å². The third-order valence-corrected chi connectivity index (χ3v) is 3.20. The number of benzene rings is 1. The summed E-state index contributed by atoms with van der Waals surface area (Å²) in [5.41, 5.74) is 0.606. The van der Waals surface area contributed by atoms with Crippen LogP contribution >= 0.6 is 0 Å². The molecule has 1 aliphatic heterocycles. The molecule has 0 aromatic heterocycles. The Bertz CT molecular complexity index is 420. The predicted molar refractivity (Wildman–Crippen MR) is 69.5 cm³/mol. The van der Waals surface area contributed by atoms with Gasteiger partial charge in [0.05, 0.1) is 7.11 Å². The number of piperidine rings is 1. The van der Waals surface area contributed by atoms with Gasteiger partial charge in [-0.25, -0.2) is 0 Å². The maximum absolute atomic E-state index is 10.8. The molecule has 1 aromatic rings. The summed E-state index contributed by atoms with van der Waals surface area (Å²) in [6.07, 6.45) is 3.16. The summed E-state index contributed by atoms with van der Waals surface area (Å²) in [7, 11) is 3.70. The maximum Gasteiger partial charge on any atom is 0.162 e. The fourth-order valence-corrected chi connectivity index (χ4v) is 2.25. The first-order valence-electron chi connectivity index (χ1n) is 6.21. The molecule has 1 fully saturated rings. The summed E-state index contributed by atoms with van der Waals surface area (Å²) in [6.45, 7) is 2.03. The van der Waals surface area contributed by atoms with E-state index in [0.29, 0.717) is 17.1 Å². The van der Waals surface area contributed by atoms with Gasteiger partial charge in [-0.1, -0.05) is 0 Å². The zero-order valence-corrected chi connectivity index (χ0v) is 10.9. The van der Waals surface area contributed by atoms with Crippen LogP contribution in [0.4, 0.5) is 0 Å². The van der Waals surface area contributed by atoms with Crippen molar-refractivity contribution < 1.29 is 14.3 Å². The summed E-state index contributed by atoms with van der Waals surface area (Å²) in [6, 6.07) is 5.23. The maximum atomic E-state index is 10.8. The Kier molecular flexibility index (Phi) is 4.20. The minimum atomic E-state index is 0.166. The van der Waals surface area contributed by atoms with E-state index in [1.165, 1.54) is 0 Å². The van der Waals surface area contributed by atoms with Gasteiger partial charge in [-0.3, -0.25) is 4.79 Å². The zero-order valence-electron chi connectivity index (χ0n) is 10.9. The molecule has 0 saturated carbocycles. The zero-order chi connectivity index (χ0) is 13.0. The van der Waals surface area contributed by atoms with Crippen LogP contribution in [-0.4, -0.2) is 44.5 Å². The number of carbonyl (C=O) groups excluding carboxylic acids is 1. The third-order valence-electron chi connectivity index (χ3n) is 3.20. The summed E-state index contributed by atoms with van der Waals surface area (Å²) in [5.74, 6) is 1.33. The van der Waals surface area contributed by atoms with Crippen molar-refractivity contribution in [2.45, 2.75) is 18.9 Å². The Balaban J connectivity index is 2.13. The fourth-order valence-electron chi connectivity index (χ4n) is 2.25. The van der Waals surface area contributed by atoms with Crippen LogP contribution in [0.15, 0.2) is 18.2 Å². The third kappa shape index (κ3) is 3.01. The van der Waals surface area contributed by atoms with Gasteiger partial charge in [-0.05, 0) is 44.6 Å². The minimum absolute atomic E-state index is 0.166. The summed E-state index contributed by atoms with van der Waals surface area (Å²) >= 11 is 0. The molecule has 1 aliphatic rings. The second-order valence-electron chi connectivity index (χ2n) is 4.67. The standard InChI is InChI=1S/C14H19NO3/c1-15-7-3-4-12(9-15)18-14-8-11(10-16)5-6-13(14)17-2/h5-6,8,10,12H,3-4,7,9H2,1-2H3. The molecule has 0 radical (unpaired) electrons. The number of hydrogen-bond donors (Lipinski definition) is 0. The first-order chi connectivity index (χ1) is 8.72. The Morgan fingerprint density at radius 3 is 2.89 bits per heavy atom. The lowest BCUT2D eigenvalue weighted by Crippen LogP contribution is -2.38. The fraction of sp³-hybridized carbons (Fsp3) is 0.500. The van der Waals surface area contributed by atoms with Crippen molar-refractivity contribution in [3.8, 4) is 11.5 Å². The van der Waals surface area contributed by atoms with E-state index in [4.69, 9.17) is 9.47 Å². The predicted octanol–water partition coefficient (Wildman–Crippen LogP) is 1.98. The van der Waals surface area contributed by atoms with Gasteiger partial charge in [0.2, 0.25) is 0 Å². The summed E-state index contributed by atoms with van der Waals surface area (Å²) < 4.78 is 11.2. The van der Waals surface area contributed by atoms with E-state index in [-0.39, 0.29) is 6.10 Å². The van der Waals surface area contributed by atoms with Gasteiger partial charge in [0.25, 0.3) is 0 Å². The number of methoxy groups -OCH3 is 1. The molecule has 0 amide bonds. The number of hydrogen-bond acceptors (Lipinski definition) is 4. The molecule has 2 rings (SSSR count). The minimum Gasteiger partial charge on any atom is -0.493 e. The van der Waals surface area contributed by atoms with Crippen molar-refractivity contribution in [3.63, 3.8) is 0 Å². The quantitative estimate of drug-likeness (QED) is 0.765. The molecule has 4 heteroatoms. The van der Waals surface area contributed by atoms with E-state index >= 15 is 0 Å². The van der Waals surface area contributed by atoms with E-state index in [1.807, 2.05) is 0 Å². The number of aldehydes is 1. The van der Waals surface area contributed by atoms with Gasteiger partial charge < -0.3 is 14.4 Å². The van der Waals surface area contributed by atoms with Crippen molar-refractivity contribution in [1.29, 1.82) is 0 Å². The van der Waals surface area contributed by atoms with Gasteiger partial charge >= 0.3 is 0 Å². The largest absolute Gasteiger partial charge is 0.493 e. The molecular formula is C14H19NO3. The second-order valence-corrected chi connectivity index (χ2v) is 4.67. The van der Waals surface area contributed by atoms with Gasteiger partial charge in [0, 0.05) is 12.1 Å². The lowest BCUT2D eigenvalue weighted by Gasteiger charge is -2.30. The normalized spacial score (nSPS) is 20.4. The molecule has 1 saturated heterocycles. The van der Waals surface area contributed by atoms with Crippen LogP contribution < -0.4 is 9.47 Å². The molecule has 4 nitrogen and oxygen atoms in total. The molecular weight excluding hydrogens is 230 g/mol. The Labute approximate surface area is 107 Å². The average molecular weight is 249 g/mol. The molecule has 0 bridgehead atoms. The Hall–Kier alpha value is -1.55. The molecule has 0 aliphatic carbocycles. The van der Waals surface area contributed by atoms with Gasteiger partial charge in [-0.2, -0.15) is 0 Å². The SMILES string of the molecule is COc1ccc(C=O)cc1OC1CCCN(C)C1. The number of ether oxygens (including phenoxy) is 2. The molecule has 1 atom stereocenters. The van der Waals surface area contributed by atoms with Crippen LogP contribution in [0.2, 0.25) is 0 Å². The number of nitrogens with zero attached hydrogens (tertiary/aromatic N) is 1. The van der Waals surface area contributed by atoms with Crippen molar-refractivity contribution in [2.24, 2.45) is 0 Å². The first-order valence-corrected chi connectivity index (χ1v) is 6.21. The van der Waals surface area contributed by atoms with E-state index in [0.717, 1.165) is 32.2 Å². The van der Waals surface area contributed by atoms with Gasteiger partial charge in [0.1, 0.15) is 12.4 Å². The van der Waals surface area contributed by atoms with E-state index in [9.17, 15) is 4.79 Å². The summed E-state index contributed by atoms with van der Waals surface area (Å²) in [5, 5.41) is 0. The van der Waals surface area contributed by atoms with Crippen LogP contribution in [0.3, 0.4) is 0 Å². The molecule has 1 heterocycles. The number of likely N-dealkylation sites (N-methyl/N-ethyl adjacent to an activating group) is 1. The smallest absolute Gasteiger partial charge is 0.162 e. The molecule has 98 valence electrons. The highest BCUT2D eigenvalue weighted by molar-refractivity contribution is 5.76. The molecule has 18 heavy (non-hydrogen) atoms. The second kappa shape index (κ2) is 5.87. The van der Waals surface area contributed by atoms with Crippen LogP contribution in [0, 0.1) is 0 Å². The highest BCUT2D eigenvalue weighted by Crippen LogP contribution is 2.29. The highest BCUT2D eigenvalue weighted by atomic mass is 16.5. The van der Waals surface area contributed by atoms with Crippen LogP contribution in [0.1, 0.15) is 23.2 Å². The van der Waals surface area contributed by atoms with E-state index in [2.05, 4.69) is 11.9 Å². The molecule has 1 aromatic carbocycles. The molecule has 1 unspecified atom stereocenters. The van der Waals surface area contributed by atoms with Gasteiger partial charge in [-0.15, -0.1) is 0 Å². The monoisotopic (exact) mass is 249 g/mol. The average Bonchev–Trinajstić information content (AvgIpc) is 2.38. The van der Waals surface area contributed by atoms with Crippen LogP contribution in [0.5, 0.6) is 11.5 Å². The van der Waals surface area contributed by atoms with Gasteiger partial charge in [0.15, 0.2) is 11.5 Å². The first kappa shape index (κ1) is 12.9. The Morgan fingerprint density at radius 1 is 1.39 bits per heavy atom. The van der Waals surface area contributed by atoms with Crippen LogP contribution in [0.25, 0.3) is 0 Å². The van der Waals surface area contributed by atoms with Crippen LogP contribution in [-0.2, 0) is 0 Å². The van der Waals surface area contributed by atoms with E-state index < -0.39 is 0 Å². The lowest BCUT2D eigenvalue weighted by atomic mass is 10.1. The number of carbonyl (C=O) groups is 1.